The van der Waals surface area contributed by atoms with Crippen LogP contribution in [0.15, 0.2) is 28.9 Å². The number of ether oxygens (including phenoxy) is 1. The fourth-order valence-corrected chi connectivity index (χ4v) is 2.14. The summed E-state index contributed by atoms with van der Waals surface area (Å²) in [4.78, 5) is 7.60. The molecule has 0 bridgehead atoms. The number of nitrogens with zero attached hydrogens (tertiary/aromatic N) is 1. The number of hydrogen-bond donors (Lipinski definition) is 2. The van der Waals surface area contributed by atoms with E-state index >= 15 is 0 Å². The predicted octanol–water partition coefficient (Wildman–Crippen LogP) is 2.57. The van der Waals surface area contributed by atoms with E-state index in [9.17, 15) is 0 Å². The Morgan fingerprint density at radius 1 is 1.47 bits per heavy atom. The van der Waals surface area contributed by atoms with E-state index in [1.807, 2.05) is 31.4 Å². The summed E-state index contributed by atoms with van der Waals surface area (Å²) in [5.41, 5.74) is 2.09. The van der Waals surface area contributed by atoms with Crippen molar-refractivity contribution in [3.8, 4) is 17.1 Å². The number of aromatic amines is 1. The lowest BCUT2D eigenvalue weighted by Gasteiger charge is -2.04. The van der Waals surface area contributed by atoms with Crippen LogP contribution in [-0.2, 0) is 6.54 Å². The number of H-pyrrole nitrogens is 1. The molecule has 0 spiro atoms. The second kappa shape index (κ2) is 5.33. The molecule has 0 fully saturated rings. The molecule has 0 amide bonds. The van der Waals surface area contributed by atoms with E-state index in [-0.39, 0.29) is 0 Å². The van der Waals surface area contributed by atoms with Gasteiger partial charge in [-0.05, 0) is 41.2 Å². The molecule has 0 unspecified atom stereocenters. The number of nitrogens with one attached hydrogen (secondary N) is 2. The van der Waals surface area contributed by atoms with Crippen LogP contribution in [0.2, 0.25) is 0 Å². The van der Waals surface area contributed by atoms with Crippen molar-refractivity contribution >= 4 is 15.9 Å². The maximum absolute atomic E-state index is 5.19. The van der Waals surface area contributed by atoms with Gasteiger partial charge in [0.05, 0.1) is 11.6 Å². The molecular formula is C12H14BrN3O. The van der Waals surface area contributed by atoms with Crippen LogP contribution < -0.4 is 10.1 Å². The summed E-state index contributed by atoms with van der Waals surface area (Å²) >= 11 is 3.46. The minimum atomic E-state index is 0.782. The van der Waals surface area contributed by atoms with E-state index < -0.39 is 0 Å². The number of rotatable bonds is 4. The molecule has 0 radical (unpaired) electrons. The molecule has 0 saturated carbocycles. The zero-order chi connectivity index (χ0) is 12.3. The van der Waals surface area contributed by atoms with Crippen molar-refractivity contribution in [1.82, 2.24) is 15.3 Å². The highest BCUT2D eigenvalue weighted by molar-refractivity contribution is 9.10. The molecule has 2 rings (SSSR count). The van der Waals surface area contributed by atoms with Crippen molar-refractivity contribution < 1.29 is 4.74 Å². The van der Waals surface area contributed by atoms with Gasteiger partial charge < -0.3 is 15.0 Å². The lowest BCUT2D eigenvalue weighted by molar-refractivity contribution is 0.412. The summed E-state index contributed by atoms with van der Waals surface area (Å²) in [6.07, 6.45) is 1.84. The summed E-state index contributed by atoms with van der Waals surface area (Å²) in [5, 5.41) is 3.08. The Labute approximate surface area is 109 Å². The fourth-order valence-electron chi connectivity index (χ4n) is 1.60. The third-order valence-corrected chi connectivity index (χ3v) is 3.04. The average molecular weight is 296 g/mol. The number of aromatic nitrogens is 2. The zero-order valence-electron chi connectivity index (χ0n) is 9.75. The molecule has 4 nitrogen and oxygen atoms in total. The fraction of sp³-hybridized carbons (Fsp3) is 0.250. The highest BCUT2D eigenvalue weighted by atomic mass is 79.9. The first-order valence-corrected chi connectivity index (χ1v) is 6.06. The van der Waals surface area contributed by atoms with Crippen LogP contribution in [0, 0.1) is 0 Å². The van der Waals surface area contributed by atoms with Crippen LogP contribution in [-0.4, -0.2) is 24.1 Å². The maximum atomic E-state index is 5.19. The van der Waals surface area contributed by atoms with Gasteiger partial charge in [0.15, 0.2) is 0 Å². The van der Waals surface area contributed by atoms with Crippen molar-refractivity contribution in [3.63, 3.8) is 0 Å². The Kier molecular flexibility index (Phi) is 3.81. The molecule has 2 N–H and O–H groups in total. The van der Waals surface area contributed by atoms with Crippen molar-refractivity contribution in [3.05, 3.63) is 34.6 Å². The summed E-state index contributed by atoms with van der Waals surface area (Å²) in [7, 11) is 3.56. The molecule has 0 aliphatic rings. The molecule has 5 heteroatoms. The second-order valence-electron chi connectivity index (χ2n) is 3.64. The Morgan fingerprint density at radius 3 is 2.94 bits per heavy atom. The third-order valence-electron chi connectivity index (χ3n) is 2.42. The highest BCUT2D eigenvalue weighted by Crippen LogP contribution is 2.29. The van der Waals surface area contributed by atoms with Crippen LogP contribution in [0.5, 0.6) is 5.75 Å². The van der Waals surface area contributed by atoms with Gasteiger partial charge in [-0.25, -0.2) is 4.98 Å². The van der Waals surface area contributed by atoms with E-state index in [0.717, 1.165) is 33.8 Å². The smallest absolute Gasteiger partial charge is 0.137 e. The Balaban J connectivity index is 2.29. The van der Waals surface area contributed by atoms with E-state index in [4.69, 9.17) is 4.74 Å². The largest absolute Gasteiger partial charge is 0.496 e. The Bertz CT molecular complexity index is 510. The summed E-state index contributed by atoms with van der Waals surface area (Å²) in [6.45, 7) is 0.782. The van der Waals surface area contributed by atoms with Gasteiger partial charge in [-0.15, -0.1) is 0 Å². The van der Waals surface area contributed by atoms with Gasteiger partial charge in [-0.3, -0.25) is 0 Å². The minimum absolute atomic E-state index is 0.782. The summed E-state index contributed by atoms with van der Waals surface area (Å²) in [6, 6.07) is 5.88. The number of benzene rings is 1. The quantitative estimate of drug-likeness (QED) is 0.911. The number of halogens is 1. The van der Waals surface area contributed by atoms with Crippen molar-refractivity contribution in [2.45, 2.75) is 6.54 Å². The maximum Gasteiger partial charge on any atom is 0.137 e. The molecule has 0 atom stereocenters. The van der Waals surface area contributed by atoms with Crippen molar-refractivity contribution in [1.29, 1.82) is 0 Å². The SMILES string of the molecule is CNCc1cnc(-c2ccc(OC)c(Br)c2)[nH]1. The normalized spacial score (nSPS) is 10.5. The van der Waals surface area contributed by atoms with E-state index in [1.54, 1.807) is 7.11 Å². The summed E-state index contributed by atoms with van der Waals surface area (Å²) < 4.78 is 6.11. The van der Waals surface area contributed by atoms with Gasteiger partial charge in [-0.1, -0.05) is 0 Å². The van der Waals surface area contributed by atoms with Gasteiger partial charge in [0.1, 0.15) is 11.6 Å². The standard InChI is InChI=1S/C12H14BrN3O/c1-14-6-9-7-15-12(16-9)8-3-4-11(17-2)10(13)5-8/h3-5,7,14H,6H2,1-2H3,(H,15,16). The Hall–Kier alpha value is -1.33. The van der Waals surface area contributed by atoms with Crippen molar-refractivity contribution in [2.75, 3.05) is 14.2 Å². The predicted molar refractivity (Wildman–Crippen MR) is 71.0 cm³/mol. The highest BCUT2D eigenvalue weighted by Gasteiger charge is 2.06. The van der Waals surface area contributed by atoms with Gasteiger partial charge in [-0.2, -0.15) is 0 Å². The van der Waals surface area contributed by atoms with E-state index in [1.165, 1.54) is 0 Å². The molecule has 17 heavy (non-hydrogen) atoms. The number of methoxy groups -OCH3 is 1. The van der Waals surface area contributed by atoms with Gasteiger partial charge in [0.2, 0.25) is 0 Å². The van der Waals surface area contributed by atoms with Gasteiger partial charge in [0, 0.05) is 24.0 Å². The molecule has 2 aromatic rings. The van der Waals surface area contributed by atoms with Crippen LogP contribution in [0.4, 0.5) is 0 Å². The zero-order valence-corrected chi connectivity index (χ0v) is 11.3. The minimum Gasteiger partial charge on any atom is -0.496 e. The third kappa shape index (κ3) is 2.68. The first kappa shape index (κ1) is 12.1. The number of imidazole rings is 1. The van der Waals surface area contributed by atoms with E-state index in [2.05, 4.69) is 31.2 Å². The number of hydrogen-bond acceptors (Lipinski definition) is 3. The lowest BCUT2D eigenvalue weighted by Crippen LogP contribution is -2.04. The summed E-state index contributed by atoms with van der Waals surface area (Å²) in [5.74, 6) is 1.68. The Morgan fingerprint density at radius 2 is 2.29 bits per heavy atom. The molecule has 90 valence electrons. The second-order valence-corrected chi connectivity index (χ2v) is 4.49. The average Bonchev–Trinajstić information content (AvgIpc) is 2.78. The molecule has 0 aliphatic heterocycles. The first-order chi connectivity index (χ1) is 8.24. The molecule has 0 aliphatic carbocycles. The molecule has 1 aromatic carbocycles. The van der Waals surface area contributed by atoms with Crippen LogP contribution in [0.1, 0.15) is 5.69 Å². The molecule has 1 aromatic heterocycles. The monoisotopic (exact) mass is 295 g/mol. The first-order valence-electron chi connectivity index (χ1n) is 5.27. The van der Waals surface area contributed by atoms with Crippen LogP contribution in [0.3, 0.4) is 0 Å². The van der Waals surface area contributed by atoms with Crippen LogP contribution in [0.25, 0.3) is 11.4 Å². The van der Waals surface area contributed by atoms with Crippen LogP contribution >= 0.6 is 15.9 Å². The van der Waals surface area contributed by atoms with Gasteiger partial charge in [0.25, 0.3) is 0 Å². The lowest BCUT2D eigenvalue weighted by atomic mass is 10.2. The van der Waals surface area contributed by atoms with Crippen molar-refractivity contribution in [2.24, 2.45) is 0 Å². The topological polar surface area (TPSA) is 49.9 Å². The molecular weight excluding hydrogens is 282 g/mol. The molecule has 1 heterocycles. The van der Waals surface area contributed by atoms with Gasteiger partial charge >= 0.3 is 0 Å². The molecule has 0 saturated heterocycles. The van der Waals surface area contributed by atoms with E-state index in [0.29, 0.717) is 0 Å².